The normalized spacial score (nSPS) is 11.2. The topological polar surface area (TPSA) is 56.3 Å². The lowest BCUT2D eigenvalue weighted by atomic mass is 10.1. The van der Waals surface area contributed by atoms with Crippen molar-refractivity contribution in [3.63, 3.8) is 0 Å². The predicted octanol–water partition coefficient (Wildman–Crippen LogP) is 3.82. The van der Waals surface area contributed by atoms with Crippen LogP contribution < -0.4 is 4.18 Å². The Kier molecular flexibility index (Phi) is 4.12. The second kappa shape index (κ2) is 6.22. The highest BCUT2D eigenvalue weighted by atomic mass is 32.2. The first-order valence-corrected chi connectivity index (χ1v) is 8.49. The van der Waals surface area contributed by atoms with E-state index in [1.54, 1.807) is 24.3 Å². The van der Waals surface area contributed by atoms with Gasteiger partial charge in [-0.2, -0.15) is 8.42 Å². The average molecular weight is 325 g/mol. The van der Waals surface area contributed by atoms with Gasteiger partial charge in [-0.1, -0.05) is 54.1 Å². The fourth-order valence-corrected chi connectivity index (χ4v) is 2.98. The number of nitrogens with zero attached hydrogens (tertiary/aromatic N) is 1. The maximum Gasteiger partial charge on any atom is 0.340 e. The van der Waals surface area contributed by atoms with E-state index in [9.17, 15) is 8.42 Å². The van der Waals surface area contributed by atoms with Crippen LogP contribution in [0.5, 0.6) is 5.88 Å². The van der Waals surface area contributed by atoms with Crippen molar-refractivity contribution >= 4 is 10.1 Å². The van der Waals surface area contributed by atoms with E-state index in [0.717, 1.165) is 11.1 Å². The van der Waals surface area contributed by atoms with Crippen LogP contribution in [0.3, 0.4) is 0 Å². The second-order valence-corrected chi connectivity index (χ2v) is 6.62. The third kappa shape index (κ3) is 3.57. The lowest BCUT2D eigenvalue weighted by molar-refractivity contribution is 0.476. The van der Waals surface area contributed by atoms with E-state index in [4.69, 9.17) is 4.18 Å². The van der Waals surface area contributed by atoms with Crippen molar-refractivity contribution in [3.8, 4) is 17.1 Å². The Labute approximate surface area is 135 Å². The van der Waals surface area contributed by atoms with Gasteiger partial charge in [0.15, 0.2) is 0 Å². The maximum atomic E-state index is 12.3. The van der Waals surface area contributed by atoms with Gasteiger partial charge in [-0.15, -0.1) is 0 Å². The summed E-state index contributed by atoms with van der Waals surface area (Å²) in [5, 5.41) is 0. The van der Waals surface area contributed by atoms with Crippen molar-refractivity contribution in [2.45, 2.75) is 11.8 Å². The highest BCUT2D eigenvalue weighted by molar-refractivity contribution is 7.87. The summed E-state index contributed by atoms with van der Waals surface area (Å²) in [6.45, 7) is 1.89. The molecular weight excluding hydrogens is 310 g/mol. The molecule has 0 unspecified atom stereocenters. The van der Waals surface area contributed by atoms with Gasteiger partial charge in [-0.05, 0) is 25.1 Å². The molecule has 0 aliphatic rings. The summed E-state index contributed by atoms with van der Waals surface area (Å²) in [5.74, 6) is 0.0481. The highest BCUT2D eigenvalue weighted by Gasteiger charge is 2.17. The van der Waals surface area contributed by atoms with Crippen LogP contribution in [0.25, 0.3) is 11.3 Å². The number of hydrogen-bond donors (Lipinski definition) is 0. The van der Waals surface area contributed by atoms with E-state index in [1.165, 1.54) is 18.2 Å². The Morgan fingerprint density at radius 3 is 2.22 bits per heavy atom. The summed E-state index contributed by atoms with van der Waals surface area (Å²) < 4.78 is 29.7. The molecule has 23 heavy (non-hydrogen) atoms. The van der Waals surface area contributed by atoms with Gasteiger partial charge in [-0.3, -0.25) is 0 Å². The van der Waals surface area contributed by atoms with E-state index in [2.05, 4.69) is 4.98 Å². The molecule has 0 radical (unpaired) electrons. The van der Waals surface area contributed by atoms with Crippen LogP contribution in [0.1, 0.15) is 5.56 Å². The molecule has 0 N–H and O–H groups in total. The molecule has 5 heteroatoms. The summed E-state index contributed by atoms with van der Waals surface area (Å²) in [6, 6.07) is 21.0. The minimum atomic E-state index is -3.89. The van der Waals surface area contributed by atoms with Crippen molar-refractivity contribution in [2.75, 3.05) is 0 Å². The molecule has 1 heterocycles. The Bertz CT molecular complexity index is 905. The molecule has 0 spiro atoms. The van der Waals surface area contributed by atoms with Crippen LogP contribution in [0.2, 0.25) is 0 Å². The summed E-state index contributed by atoms with van der Waals surface area (Å²) in [5.41, 5.74) is 2.53. The van der Waals surface area contributed by atoms with E-state index in [0.29, 0.717) is 5.69 Å². The Balaban J connectivity index is 1.90. The first kappa shape index (κ1) is 15.2. The first-order valence-electron chi connectivity index (χ1n) is 7.08. The van der Waals surface area contributed by atoms with Gasteiger partial charge >= 0.3 is 10.1 Å². The molecule has 0 saturated carbocycles. The fraction of sp³-hybridized carbons (Fsp3) is 0.0556. The van der Waals surface area contributed by atoms with Crippen molar-refractivity contribution in [3.05, 3.63) is 78.4 Å². The van der Waals surface area contributed by atoms with E-state index in [1.807, 2.05) is 37.3 Å². The molecule has 0 fully saturated rings. The number of aryl methyl sites for hydroxylation is 1. The molecule has 116 valence electrons. The van der Waals surface area contributed by atoms with Gasteiger partial charge < -0.3 is 4.18 Å². The van der Waals surface area contributed by atoms with Crippen LogP contribution >= 0.6 is 0 Å². The van der Waals surface area contributed by atoms with Crippen molar-refractivity contribution < 1.29 is 12.6 Å². The molecule has 0 saturated heterocycles. The lowest BCUT2D eigenvalue weighted by Crippen LogP contribution is -2.10. The van der Waals surface area contributed by atoms with Crippen LogP contribution in [-0.2, 0) is 10.1 Å². The van der Waals surface area contributed by atoms with Crippen LogP contribution in [0.15, 0.2) is 77.7 Å². The summed E-state index contributed by atoms with van der Waals surface area (Å²) in [7, 11) is -3.89. The Morgan fingerprint density at radius 2 is 1.52 bits per heavy atom. The Morgan fingerprint density at radius 1 is 0.826 bits per heavy atom. The zero-order chi connectivity index (χ0) is 16.3. The minimum Gasteiger partial charge on any atom is -0.358 e. The quantitative estimate of drug-likeness (QED) is 0.684. The Hall–Kier alpha value is -2.66. The van der Waals surface area contributed by atoms with Gasteiger partial charge in [0, 0.05) is 11.6 Å². The minimum absolute atomic E-state index is 0.0481. The molecule has 4 nitrogen and oxygen atoms in total. The molecular formula is C18H15NO3S. The monoisotopic (exact) mass is 325 g/mol. The van der Waals surface area contributed by atoms with Gasteiger partial charge in [-0.25, -0.2) is 4.98 Å². The molecule has 0 amide bonds. The zero-order valence-corrected chi connectivity index (χ0v) is 13.3. The lowest BCUT2D eigenvalue weighted by Gasteiger charge is -2.08. The number of benzene rings is 2. The fourth-order valence-electron chi connectivity index (χ4n) is 2.10. The van der Waals surface area contributed by atoms with Gasteiger partial charge in [0.25, 0.3) is 0 Å². The third-order valence-electron chi connectivity index (χ3n) is 3.30. The summed E-state index contributed by atoms with van der Waals surface area (Å²) in [4.78, 5) is 4.38. The van der Waals surface area contributed by atoms with Crippen molar-refractivity contribution in [1.82, 2.24) is 4.98 Å². The largest absolute Gasteiger partial charge is 0.358 e. The van der Waals surface area contributed by atoms with E-state index < -0.39 is 10.1 Å². The summed E-state index contributed by atoms with van der Waals surface area (Å²) >= 11 is 0. The molecule has 0 aliphatic heterocycles. The number of aromatic nitrogens is 1. The predicted molar refractivity (Wildman–Crippen MR) is 88.7 cm³/mol. The van der Waals surface area contributed by atoms with Crippen LogP contribution in [0.4, 0.5) is 0 Å². The zero-order valence-electron chi connectivity index (χ0n) is 12.5. The molecule has 3 rings (SSSR count). The molecule has 2 aromatic carbocycles. The molecule has 1 aromatic heterocycles. The summed E-state index contributed by atoms with van der Waals surface area (Å²) in [6.07, 6.45) is 0. The van der Waals surface area contributed by atoms with Crippen molar-refractivity contribution in [2.24, 2.45) is 0 Å². The third-order valence-corrected chi connectivity index (χ3v) is 4.54. The number of hydrogen-bond acceptors (Lipinski definition) is 4. The van der Waals surface area contributed by atoms with Gasteiger partial charge in [0.2, 0.25) is 5.88 Å². The number of rotatable bonds is 4. The molecule has 0 aliphatic carbocycles. The average Bonchev–Trinajstić information content (AvgIpc) is 2.56. The molecule has 3 aromatic rings. The molecule has 0 bridgehead atoms. The second-order valence-electron chi connectivity index (χ2n) is 5.08. The first-order chi connectivity index (χ1) is 11.0. The number of pyridine rings is 1. The standard InChI is InChI=1S/C18H15NO3S/c1-14-10-12-16(13-11-14)23(20,21)22-18-9-5-8-17(19-18)15-6-3-2-4-7-15/h2-13H,1H3. The van der Waals surface area contributed by atoms with E-state index in [-0.39, 0.29) is 10.8 Å². The maximum absolute atomic E-state index is 12.3. The van der Waals surface area contributed by atoms with E-state index >= 15 is 0 Å². The molecule has 0 atom stereocenters. The van der Waals surface area contributed by atoms with Gasteiger partial charge in [0.1, 0.15) is 4.90 Å². The van der Waals surface area contributed by atoms with Crippen LogP contribution in [0, 0.1) is 6.92 Å². The van der Waals surface area contributed by atoms with Crippen molar-refractivity contribution in [1.29, 1.82) is 0 Å². The smallest absolute Gasteiger partial charge is 0.340 e. The SMILES string of the molecule is Cc1ccc(S(=O)(=O)Oc2cccc(-c3ccccc3)n2)cc1. The van der Waals surface area contributed by atoms with Crippen LogP contribution in [-0.4, -0.2) is 13.4 Å². The highest BCUT2D eigenvalue weighted by Crippen LogP contribution is 2.22. The van der Waals surface area contributed by atoms with Gasteiger partial charge in [0.05, 0.1) is 5.69 Å².